The number of aryl methyl sites for hydroxylation is 1. The van der Waals surface area contributed by atoms with Crippen molar-refractivity contribution >= 4 is 11.7 Å². The molecule has 3 N–H and O–H groups in total. The van der Waals surface area contributed by atoms with Gasteiger partial charge in [0.2, 0.25) is 0 Å². The molecule has 1 rings (SSSR count). The van der Waals surface area contributed by atoms with Crippen molar-refractivity contribution in [2.45, 2.75) is 47.1 Å². The predicted octanol–water partition coefficient (Wildman–Crippen LogP) is 1.97. The quantitative estimate of drug-likeness (QED) is 0.697. The van der Waals surface area contributed by atoms with E-state index in [0.717, 1.165) is 0 Å². The number of aliphatic hydroxyl groups excluding tert-OH is 1. The molecular formula is C15H24N2O3. The van der Waals surface area contributed by atoms with Crippen LogP contribution in [-0.4, -0.2) is 34.4 Å². The summed E-state index contributed by atoms with van der Waals surface area (Å²) in [5, 5.41) is 12.4. The summed E-state index contributed by atoms with van der Waals surface area (Å²) in [5.74, 6) is -0.120. The molecule has 0 radical (unpaired) electrons. The van der Waals surface area contributed by atoms with E-state index in [9.17, 15) is 14.7 Å². The van der Waals surface area contributed by atoms with Gasteiger partial charge in [0.1, 0.15) is 5.69 Å². The average Bonchev–Trinajstić information content (AvgIpc) is 2.64. The van der Waals surface area contributed by atoms with Gasteiger partial charge >= 0.3 is 0 Å². The van der Waals surface area contributed by atoms with E-state index in [2.05, 4.69) is 10.3 Å². The Morgan fingerprint density at radius 2 is 1.90 bits per heavy atom. The molecule has 1 amide bonds. The van der Waals surface area contributed by atoms with Crippen LogP contribution in [0.1, 0.15) is 59.3 Å². The second-order valence-electron chi connectivity index (χ2n) is 5.54. The first-order chi connectivity index (χ1) is 9.25. The first-order valence-electron chi connectivity index (χ1n) is 6.92. The molecule has 1 aromatic rings. The summed E-state index contributed by atoms with van der Waals surface area (Å²) in [6, 6.07) is 0. The van der Waals surface area contributed by atoms with E-state index in [1.165, 1.54) is 6.92 Å². The molecule has 0 fully saturated rings. The Labute approximate surface area is 119 Å². The molecule has 0 saturated heterocycles. The maximum Gasteiger partial charge on any atom is 0.268 e. The van der Waals surface area contributed by atoms with Crippen molar-refractivity contribution < 1.29 is 14.7 Å². The van der Waals surface area contributed by atoms with Gasteiger partial charge in [-0.05, 0) is 38.7 Å². The zero-order valence-electron chi connectivity index (χ0n) is 12.8. The summed E-state index contributed by atoms with van der Waals surface area (Å²) >= 11 is 0. The molecule has 1 heterocycles. The van der Waals surface area contributed by atoms with Crippen molar-refractivity contribution in [2.75, 3.05) is 6.54 Å². The minimum absolute atomic E-state index is 0.0504. The van der Waals surface area contributed by atoms with E-state index in [4.69, 9.17) is 0 Å². The van der Waals surface area contributed by atoms with Crippen LogP contribution in [-0.2, 0) is 0 Å². The first kappa shape index (κ1) is 16.4. The monoisotopic (exact) mass is 280 g/mol. The van der Waals surface area contributed by atoms with Gasteiger partial charge < -0.3 is 15.4 Å². The molecule has 1 atom stereocenters. The molecule has 0 aliphatic heterocycles. The highest BCUT2D eigenvalue weighted by atomic mass is 16.3. The number of aromatic amines is 1. The molecule has 1 unspecified atom stereocenters. The van der Waals surface area contributed by atoms with Gasteiger partial charge in [-0.2, -0.15) is 0 Å². The largest absolute Gasteiger partial charge is 0.393 e. The van der Waals surface area contributed by atoms with Gasteiger partial charge in [0.15, 0.2) is 5.78 Å². The Morgan fingerprint density at radius 1 is 1.30 bits per heavy atom. The fraction of sp³-hybridized carbons (Fsp3) is 0.600. The molecular weight excluding hydrogens is 256 g/mol. The van der Waals surface area contributed by atoms with Crippen molar-refractivity contribution in [2.24, 2.45) is 5.92 Å². The Hall–Kier alpha value is -1.62. The number of rotatable bonds is 6. The summed E-state index contributed by atoms with van der Waals surface area (Å²) in [4.78, 5) is 26.5. The number of amides is 1. The van der Waals surface area contributed by atoms with Gasteiger partial charge in [-0.25, -0.2) is 0 Å². The van der Waals surface area contributed by atoms with Gasteiger partial charge in [-0.3, -0.25) is 9.59 Å². The van der Waals surface area contributed by atoms with Crippen LogP contribution in [0, 0.1) is 19.8 Å². The van der Waals surface area contributed by atoms with Crippen molar-refractivity contribution in [3.05, 3.63) is 22.5 Å². The molecule has 1 aromatic heterocycles. The lowest BCUT2D eigenvalue weighted by molar-refractivity contribution is 0.0915. The SMILES string of the molecule is CC(=O)c1c(C)[nH]c(C(=O)NCCC(O)C(C)C)c1C. The fourth-order valence-electron chi connectivity index (χ4n) is 2.26. The van der Waals surface area contributed by atoms with Gasteiger partial charge in [-0.15, -0.1) is 0 Å². The minimum atomic E-state index is -0.422. The second kappa shape index (κ2) is 6.70. The van der Waals surface area contributed by atoms with E-state index in [0.29, 0.717) is 35.5 Å². The van der Waals surface area contributed by atoms with Gasteiger partial charge in [0, 0.05) is 17.8 Å². The van der Waals surface area contributed by atoms with Crippen LogP contribution in [0.15, 0.2) is 0 Å². The molecule has 0 aliphatic carbocycles. The second-order valence-corrected chi connectivity index (χ2v) is 5.54. The topological polar surface area (TPSA) is 82.2 Å². The molecule has 0 aliphatic rings. The van der Waals surface area contributed by atoms with Crippen LogP contribution < -0.4 is 5.32 Å². The maximum atomic E-state index is 12.1. The van der Waals surface area contributed by atoms with E-state index in [1.54, 1.807) is 13.8 Å². The normalized spacial score (nSPS) is 12.6. The molecule has 5 heteroatoms. The number of hydrogen-bond acceptors (Lipinski definition) is 3. The van der Waals surface area contributed by atoms with Crippen LogP contribution in [0.25, 0.3) is 0 Å². The number of carbonyl (C=O) groups excluding carboxylic acids is 2. The Morgan fingerprint density at radius 3 is 2.35 bits per heavy atom. The van der Waals surface area contributed by atoms with Crippen LogP contribution in [0.2, 0.25) is 0 Å². The third kappa shape index (κ3) is 3.70. The smallest absolute Gasteiger partial charge is 0.268 e. The summed E-state index contributed by atoms with van der Waals surface area (Å²) in [6.07, 6.45) is 0.0939. The van der Waals surface area contributed by atoms with E-state index in [1.807, 2.05) is 13.8 Å². The molecule has 0 bridgehead atoms. The van der Waals surface area contributed by atoms with Crippen molar-refractivity contribution in [1.29, 1.82) is 0 Å². The number of carbonyl (C=O) groups is 2. The van der Waals surface area contributed by atoms with Gasteiger partial charge in [-0.1, -0.05) is 13.8 Å². The Bertz CT molecular complexity index is 503. The summed E-state index contributed by atoms with van der Waals surface area (Å²) in [5.41, 5.74) is 2.39. The van der Waals surface area contributed by atoms with E-state index < -0.39 is 6.10 Å². The number of H-pyrrole nitrogens is 1. The summed E-state index contributed by atoms with van der Waals surface area (Å²) in [6.45, 7) is 9.31. The van der Waals surface area contributed by atoms with Crippen LogP contribution >= 0.6 is 0 Å². The number of Topliss-reactive ketones (excluding diaryl/α,β-unsaturated/α-hetero) is 1. The summed E-state index contributed by atoms with van der Waals surface area (Å²) < 4.78 is 0. The zero-order chi connectivity index (χ0) is 15.4. The maximum absolute atomic E-state index is 12.1. The first-order valence-corrected chi connectivity index (χ1v) is 6.92. The number of aromatic nitrogens is 1. The van der Waals surface area contributed by atoms with Crippen LogP contribution in [0.4, 0.5) is 0 Å². The van der Waals surface area contributed by atoms with Crippen LogP contribution in [0.3, 0.4) is 0 Å². The molecule has 5 nitrogen and oxygen atoms in total. The Balaban J connectivity index is 2.70. The zero-order valence-corrected chi connectivity index (χ0v) is 12.8. The van der Waals surface area contributed by atoms with Crippen molar-refractivity contribution in [3.8, 4) is 0 Å². The van der Waals surface area contributed by atoms with Crippen LogP contribution in [0.5, 0.6) is 0 Å². The molecule has 20 heavy (non-hydrogen) atoms. The Kier molecular flexibility index (Phi) is 5.51. The molecule has 0 spiro atoms. The summed E-state index contributed by atoms with van der Waals surface area (Å²) in [7, 11) is 0. The predicted molar refractivity (Wildman–Crippen MR) is 78.1 cm³/mol. The highest BCUT2D eigenvalue weighted by Crippen LogP contribution is 2.18. The molecule has 112 valence electrons. The third-order valence-corrected chi connectivity index (χ3v) is 3.51. The van der Waals surface area contributed by atoms with Crippen molar-refractivity contribution in [3.63, 3.8) is 0 Å². The lowest BCUT2D eigenvalue weighted by Crippen LogP contribution is -2.29. The average molecular weight is 280 g/mol. The molecule has 0 aromatic carbocycles. The lowest BCUT2D eigenvalue weighted by Gasteiger charge is -2.14. The minimum Gasteiger partial charge on any atom is -0.393 e. The fourth-order valence-corrected chi connectivity index (χ4v) is 2.26. The standard InChI is InChI=1S/C15H24N2O3/c1-8(2)12(19)6-7-16-15(20)14-9(3)13(11(5)18)10(4)17-14/h8,12,17,19H,6-7H2,1-5H3,(H,16,20). The highest BCUT2D eigenvalue weighted by Gasteiger charge is 2.19. The van der Waals surface area contributed by atoms with Gasteiger partial charge in [0.25, 0.3) is 5.91 Å². The highest BCUT2D eigenvalue weighted by molar-refractivity contribution is 6.02. The number of nitrogens with one attached hydrogen (secondary N) is 2. The van der Waals surface area contributed by atoms with E-state index >= 15 is 0 Å². The van der Waals surface area contributed by atoms with Crippen molar-refractivity contribution in [1.82, 2.24) is 10.3 Å². The number of ketones is 1. The number of aliphatic hydroxyl groups is 1. The molecule has 0 saturated carbocycles. The van der Waals surface area contributed by atoms with E-state index in [-0.39, 0.29) is 17.6 Å². The number of hydrogen-bond donors (Lipinski definition) is 3. The third-order valence-electron chi connectivity index (χ3n) is 3.51. The lowest BCUT2D eigenvalue weighted by atomic mass is 10.0. The van der Waals surface area contributed by atoms with Gasteiger partial charge in [0.05, 0.1) is 6.10 Å².